The number of aryl methyl sites for hydroxylation is 2. The lowest BCUT2D eigenvalue weighted by Gasteiger charge is -2.08. The van der Waals surface area contributed by atoms with Gasteiger partial charge in [0.25, 0.3) is 5.91 Å². The van der Waals surface area contributed by atoms with Crippen LogP contribution in [0.25, 0.3) is 22.4 Å². The van der Waals surface area contributed by atoms with Crippen LogP contribution in [0.5, 0.6) is 0 Å². The third-order valence-corrected chi connectivity index (χ3v) is 4.37. The van der Waals surface area contributed by atoms with Crippen LogP contribution >= 0.6 is 0 Å². The van der Waals surface area contributed by atoms with Gasteiger partial charge >= 0.3 is 0 Å². The summed E-state index contributed by atoms with van der Waals surface area (Å²) in [6, 6.07) is 15.6. The Morgan fingerprint density at radius 3 is 2.88 bits per heavy atom. The molecule has 6 heteroatoms. The van der Waals surface area contributed by atoms with Crippen LogP contribution in [0.3, 0.4) is 0 Å². The van der Waals surface area contributed by atoms with Crippen LogP contribution in [0, 0.1) is 6.92 Å². The van der Waals surface area contributed by atoms with Gasteiger partial charge in [0, 0.05) is 30.4 Å². The van der Waals surface area contributed by atoms with Crippen molar-refractivity contribution in [3.63, 3.8) is 0 Å². The zero-order valence-electron chi connectivity index (χ0n) is 14.4. The fourth-order valence-electron chi connectivity index (χ4n) is 3.09. The van der Waals surface area contributed by atoms with E-state index in [1.807, 2.05) is 12.1 Å². The first-order chi connectivity index (χ1) is 12.7. The molecule has 0 fully saturated rings. The van der Waals surface area contributed by atoms with Crippen molar-refractivity contribution in [3.8, 4) is 11.5 Å². The fraction of sp³-hybridized carbons (Fsp3) is 0.200. The maximum Gasteiger partial charge on any atom is 0.273 e. The molecule has 26 heavy (non-hydrogen) atoms. The Hall–Kier alpha value is -3.28. The molecule has 0 saturated heterocycles. The number of fused-ring (bicyclic) bond motifs is 1. The first-order valence-corrected chi connectivity index (χ1v) is 8.56. The molecule has 0 aliphatic rings. The highest BCUT2D eigenvalue weighted by Crippen LogP contribution is 2.21. The van der Waals surface area contributed by atoms with E-state index in [0.29, 0.717) is 18.1 Å². The molecule has 0 aliphatic heterocycles. The first kappa shape index (κ1) is 16.2. The Labute approximate surface area is 150 Å². The number of benzene rings is 1. The van der Waals surface area contributed by atoms with Gasteiger partial charge < -0.3 is 18.8 Å². The van der Waals surface area contributed by atoms with E-state index in [-0.39, 0.29) is 11.6 Å². The SMILES string of the molecule is Cc1cc2ccccc2n1CCCNC(=O)c1cc(-c2ccco2)on1. The summed E-state index contributed by atoms with van der Waals surface area (Å²) in [5.41, 5.74) is 2.69. The molecule has 0 atom stereocenters. The standard InChI is InChI=1S/C20H19N3O3/c1-14-12-15-6-2-3-7-17(15)23(14)10-5-9-21-20(24)16-13-19(26-22-16)18-8-4-11-25-18/h2-4,6-8,11-13H,5,9-10H2,1H3,(H,21,24). The molecule has 3 heterocycles. The zero-order chi connectivity index (χ0) is 17.9. The molecule has 4 rings (SSSR count). The number of carbonyl (C=O) groups excluding carboxylic acids is 1. The molecule has 1 N–H and O–H groups in total. The highest BCUT2D eigenvalue weighted by Gasteiger charge is 2.14. The Morgan fingerprint density at radius 1 is 1.15 bits per heavy atom. The fourth-order valence-corrected chi connectivity index (χ4v) is 3.09. The van der Waals surface area contributed by atoms with Crippen molar-refractivity contribution >= 4 is 16.8 Å². The van der Waals surface area contributed by atoms with Gasteiger partial charge in [0.2, 0.25) is 5.76 Å². The lowest BCUT2D eigenvalue weighted by Crippen LogP contribution is -2.25. The van der Waals surface area contributed by atoms with E-state index in [2.05, 4.69) is 40.2 Å². The van der Waals surface area contributed by atoms with Gasteiger partial charge in [0.1, 0.15) is 0 Å². The minimum Gasteiger partial charge on any atom is -0.461 e. The molecular weight excluding hydrogens is 330 g/mol. The van der Waals surface area contributed by atoms with E-state index in [0.717, 1.165) is 13.0 Å². The molecular formula is C20H19N3O3. The monoisotopic (exact) mass is 349 g/mol. The molecule has 6 nitrogen and oxygen atoms in total. The van der Waals surface area contributed by atoms with Crippen molar-refractivity contribution in [2.24, 2.45) is 0 Å². The second kappa shape index (κ2) is 6.92. The molecule has 4 aromatic rings. The van der Waals surface area contributed by atoms with E-state index in [1.165, 1.54) is 16.6 Å². The largest absolute Gasteiger partial charge is 0.461 e. The summed E-state index contributed by atoms with van der Waals surface area (Å²) in [6.45, 7) is 3.51. The van der Waals surface area contributed by atoms with Gasteiger partial charge in [-0.05, 0) is 43.0 Å². The highest BCUT2D eigenvalue weighted by molar-refractivity contribution is 5.92. The van der Waals surface area contributed by atoms with E-state index < -0.39 is 0 Å². The normalized spacial score (nSPS) is 11.1. The third-order valence-electron chi connectivity index (χ3n) is 4.37. The zero-order valence-corrected chi connectivity index (χ0v) is 14.4. The Bertz CT molecular complexity index is 1030. The Morgan fingerprint density at radius 2 is 2.04 bits per heavy atom. The molecule has 1 aromatic carbocycles. The number of nitrogens with zero attached hydrogens (tertiary/aromatic N) is 2. The molecule has 0 spiro atoms. The number of amides is 1. The molecule has 0 aliphatic carbocycles. The quantitative estimate of drug-likeness (QED) is 0.534. The maximum atomic E-state index is 12.2. The summed E-state index contributed by atoms with van der Waals surface area (Å²) in [5.74, 6) is 0.738. The van der Waals surface area contributed by atoms with Gasteiger partial charge in [-0.2, -0.15) is 0 Å². The molecule has 0 radical (unpaired) electrons. The molecule has 1 amide bonds. The van der Waals surface area contributed by atoms with Crippen LogP contribution in [0.1, 0.15) is 22.6 Å². The second-order valence-electron chi connectivity index (χ2n) is 6.16. The van der Waals surface area contributed by atoms with Gasteiger partial charge in [-0.25, -0.2) is 0 Å². The number of furan rings is 1. The number of hydrogen-bond acceptors (Lipinski definition) is 4. The van der Waals surface area contributed by atoms with Crippen molar-refractivity contribution in [1.29, 1.82) is 0 Å². The Balaban J connectivity index is 1.33. The van der Waals surface area contributed by atoms with Crippen LogP contribution in [-0.4, -0.2) is 22.2 Å². The average molecular weight is 349 g/mol. The van der Waals surface area contributed by atoms with Crippen LogP contribution in [0.4, 0.5) is 0 Å². The lowest BCUT2D eigenvalue weighted by atomic mass is 10.2. The third kappa shape index (κ3) is 3.13. The maximum absolute atomic E-state index is 12.2. The highest BCUT2D eigenvalue weighted by atomic mass is 16.5. The molecule has 0 saturated carbocycles. The lowest BCUT2D eigenvalue weighted by molar-refractivity contribution is 0.0944. The van der Waals surface area contributed by atoms with Crippen LogP contribution in [0.15, 0.2) is 63.7 Å². The van der Waals surface area contributed by atoms with Gasteiger partial charge in [-0.15, -0.1) is 0 Å². The van der Waals surface area contributed by atoms with E-state index in [4.69, 9.17) is 8.94 Å². The Kier molecular flexibility index (Phi) is 4.31. The minimum absolute atomic E-state index is 0.249. The van der Waals surface area contributed by atoms with Crippen LogP contribution < -0.4 is 5.32 Å². The molecule has 0 unspecified atom stereocenters. The summed E-state index contributed by atoms with van der Waals surface area (Å²) >= 11 is 0. The predicted octanol–water partition coefficient (Wildman–Crippen LogP) is 4.02. The van der Waals surface area contributed by atoms with Crippen molar-refractivity contribution in [1.82, 2.24) is 15.0 Å². The van der Waals surface area contributed by atoms with Crippen LogP contribution in [0.2, 0.25) is 0 Å². The van der Waals surface area contributed by atoms with Crippen molar-refractivity contribution in [3.05, 3.63) is 66.2 Å². The summed E-state index contributed by atoms with van der Waals surface area (Å²) in [4.78, 5) is 12.2. The number of carbonyl (C=O) groups is 1. The number of hydrogen-bond donors (Lipinski definition) is 1. The number of nitrogens with one attached hydrogen (secondary N) is 1. The summed E-state index contributed by atoms with van der Waals surface area (Å²) in [6.07, 6.45) is 2.37. The minimum atomic E-state index is -0.249. The van der Waals surface area contributed by atoms with E-state index >= 15 is 0 Å². The predicted molar refractivity (Wildman–Crippen MR) is 97.8 cm³/mol. The summed E-state index contributed by atoms with van der Waals surface area (Å²) < 4.78 is 12.7. The summed E-state index contributed by atoms with van der Waals surface area (Å²) in [7, 11) is 0. The molecule has 3 aromatic heterocycles. The van der Waals surface area contributed by atoms with Gasteiger partial charge in [0.15, 0.2) is 11.5 Å². The number of aromatic nitrogens is 2. The molecule has 0 bridgehead atoms. The molecule has 132 valence electrons. The van der Waals surface area contributed by atoms with Gasteiger partial charge in [-0.1, -0.05) is 23.4 Å². The van der Waals surface area contributed by atoms with E-state index in [9.17, 15) is 4.79 Å². The van der Waals surface area contributed by atoms with E-state index in [1.54, 1.807) is 24.5 Å². The number of rotatable bonds is 6. The first-order valence-electron chi connectivity index (χ1n) is 8.56. The van der Waals surface area contributed by atoms with Gasteiger partial charge in [0.05, 0.1) is 6.26 Å². The average Bonchev–Trinajstić information content (AvgIpc) is 3.38. The smallest absolute Gasteiger partial charge is 0.273 e. The topological polar surface area (TPSA) is 73.2 Å². The van der Waals surface area contributed by atoms with Crippen LogP contribution in [-0.2, 0) is 6.54 Å². The number of para-hydroxylation sites is 1. The van der Waals surface area contributed by atoms with Crippen molar-refractivity contribution in [2.75, 3.05) is 6.54 Å². The van der Waals surface area contributed by atoms with Crippen molar-refractivity contribution < 1.29 is 13.7 Å². The summed E-state index contributed by atoms with van der Waals surface area (Å²) in [5, 5.41) is 7.92. The second-order valence-corrected chi connectivity index (χ2v) is 6.16. The van der Waals surface area contributed by atoms with Crippen molar-refractivity contribution in [2.45, 2.75) is 19.9 Å². The van der Waals surface area contributed by atoms with Gasteiger partial charge in [-0.3, -0.25) is 4.79 Å².